The van der Waals surface area contributed by atoms with E-state index in [2.05, 4.69) is 15.5 Å². The molecule has 3 fully saturated rings. The average molecular weight is 403 g/mol. The van der Waals surface area contributed by atoms with E-state index >= 15 is 0 Å². The molecule has 2 amide bonds. The monoisotopic (exact) mass is 403 g/mol. The average Bonchev–Trinajstić information content (AvgIpc) is 3.19. The number of benzene rings is 2. The van der Waals surface area contributed by atoms with Gasteiger partial charge in [0, 0.05) is 36.1 Å². The van der Waals surface area contributed by atoms with Gasteiger partial charge >= 0.3 is 0 Å². The van der Waals surface area contributed by atoms with Crippen LogP contribution in [0.2, 0.25) is 0 Å². The molecule has 0 saturated carbocycles. The van der Waals surface area contributed by atoms with Gasteiger partial charge in [0.25, 0.3) is 5.91 Å². The number of piperidine rings is 3. The van der Waals surface area contributed by atoms with Gasteiger partial charge in [0.15, 0.2) is 5.76 Å². The number of fused-ring (bicyclic) bond motifs is 4. The summed E-state index contributed by atoms with van der Waals surface area (Å²) in [6.45, 7) is 4.70. The summed E-state index contributed by atoms with van der Waals surface area (Å²) < 4.78 is 6.04. The Bertz CT molecular complexity index is 1110. The molecule has 154 valence electrons. The Kier molecular flexibility index (Phi) is 4.79. The third-order valence-corrected chi connectivity index (χ3v) is 6.23. The highest BCUT2D eigenvalue weighted by atomic mass is 16.3. The van der Waals surface area contributed by atoms with Gasteiger partial charge in [-0.3, -0.25) is 9.59 Å². The standard InChI is InChI=1S/C24H25N3O3/c1-15(28)25-19-6-2-4-17(12-19)20-7-3-5-18-13-22(30-23(18)20)24(29)26-21-14-27-10-8-16(21)9-11-27/h2-7,12-13,16,21H,8-11,14H2,1H3,(H,25,28)(H,26,29). The molecular formula is C24H25N3O3. The van der Waals surface area contributed by atoms with Crippen molar-refractivity contribution in [1.82, 2.24) is 10.2 Å². The zero-order valence-corrected chi connectivity index (χ0v) is 17.0. The Labute approximate surface area is 175 Å². The van der Waals surface area contributed by atoms with Crippen molar-refractivity contribution in [3.63, 3.8) is 0 Å². The molecule has 6 heteroatoms. The normalized spacial score (nSPS) is 22.8. The van der Waals surface area contributed by atoms with Crippen LogP contribution in [0.15, 0.2) is 52.9 Å². The number of furan rings is 1. The lowest BCUT2D eigenvalue weighted by molar-refractivity contribution is -0.114. The van der Waals surface area contributed by atoms with Crippen LogP contribution in [0.5, 0.6) is 0 Å². The molecule has 0 spiro atoms. The smallest absolute Gasteiger partial charge is 0.287 e. The third kappa shape index (κ3) is 3.59. The van der Waals surface area contributed by atoms with Crippen LogP contribution in [0.4, 0.5) is 5.69 Å². The second-order valence-corrected chi connectivity index (χ2v) is 8.31. The van der Waals surface area contributed by atoms with Crippen LogP contribution in [0.3, 0.4) is 0 Å². The van der Waals surface area contributed by atoms with Gasteiger partial charge in [-0.1, -0.05) is 30.3 Å². The number of amides is 2. The maximum atomic E-state index is 12.9. The number of para-hydroxylation sites is 1. The molecule has 3 aromatic rings. The minimum absolute atomic E-state index is 0.116. The van der Waals surface area contributed by atoms with Crippen LogP contribution >= 0.6 is 0 Å². The molecule has 4 heterocycles. The van der Waals surface area contributed by atoms with Crippen LogP contribution in [0, 0.1) is 5.92 Å². The first-order valence-corrected chi connectivity index (χ1v) is 10.5. The molecule has 6 rings (SSSR count). The van der Waals surface area contributed by atoms with Crippen molar-refractivity contribution in [2.24, 2.45) is 5.92 Å². The van der Waals surface area contributed by atoms with Crippen LogP contribution in [0.25, 0.3) is 22.1 Å². The van der Waals surface area contributed by atoms with Crippen molar-refractivity contribution in [3.8, 4) is 11.1 Å². The van der Waals surface area contributed by atoms with E-state index in [1.54, 1.807) is 0 Å². The minimum Gasteiger partial charge on any atom is -0.450 e. The fraction of sp³-hybridized carbons (Fsp3) is 0.333. The highest BCUT2D eigenvalue weighted by Crippen LogP contribution is 2.33. The van der Waals surface area contributed by atoms with Gasteiger partial charge in [0.1, 0.15) is 5.58 Å². The van der Waals surface area contributed by atoms with Gasteiger partial charge < -0.3 is 20.0 Å². The molecule has 6 nitrogen and oxygen atoms in total. The quantitative estimate of drug-likeness (QED) is 0.693. The lowest BCUT2D eigenvalue weighted by Crippen LogP contribution is -2.57. The lowest BCUT2D eigenvalue weighted by Gasteiger charge is -2.44. The first-order valence-electron chi connectivity index (χ1n) is 10.5. The largest absolute Gasteiger partial charge is 0.450 e. The minimum atomic E-state index is -0.150. The third-order valence-electron chi connectivity index (χ3n) is 6.23. The number of anilines is 1. The van der Waals surface area contributed by atoms with Gasteiger partial charge in [0.2, 0.25) is 5.91 Å². The fourth-order valence-corrected chi connectivity index (χ4v) is 4.74. The Balaban J connectivity index is 1.42. The molecule has 2 N–H and O–H groups in total. The highest BCUT2D eigenvalue weighted by molar-refractivity contribution is 6.00. The van der Waals surface area contributed by atoms with E-state index in [9.17, 15) is 9.59 Å². The van der Waals surface area contributed by atoms with Crippen molar-refractivity contribution < 1.29 is 14.0 Å². The molecule has 1 unspecified atom stereocenters. The Morgan fingerprint density at radius 1 is 1.07 bits per heavy atom. The summed E-state index contributed by atoms with van der Waals surface area (Å²) in [5.41, 5.74) is 3.22. The molecular weight excluding hydrogens is 378 g/mol. The second kappa shape index (κ2) is 7.61. The van der Waals surface area contributed by atoms with Crippen molar-refractivity contribution in [2.75, 3.05) is 25.0 Å². The zero-order valence-electron chi connectivity index (χ0n) is 17.0. The van der Waals surface area contributed by atoms with E-state index in [1.807, 2.05) is 48.5 Å². The van der Waals surface area contributed by atoms with E-state index in [-0.39, 0.29) is 17.9 Å². The second-order valence-electron chi connectivity index (χ2n) is 8.31. The summed E-state index contributed by atoms with van der Waals surface area (Å²) in [7, 11) is 0. The zero-order chi connectivity index (χ0) is 20.7. The van der Waals surface area contributed by atoms with Gasteiger partial charge in [-0.15, -0.1) is 0 Å². The fourth-order valence-electron chi connectivity index (χ4n) is 4.74. The molecule has 3 aliphatic rings. The Hall–Kier alpha value is -3.12. The summed E-state index contributed by atoms with van der Waals surface area (Å²) in [4.78, 5) is 26.7. The van der Waals surface area contributed by atoms with Crippen LogP contribution < -0.4 is 10.6 Å². The predicted octanol–water partition coefficient (Wildman–Crippen LogP) is 3.88. The number of carbonyl (C=O) groups is 2. The van der Waals surface area contributed by atoms with E-state index in [0.717, 1.165) is 54.7 Å². The van der Waals surface area contributed by atoms with E-state index in [1.165, 1.54) is 6.92 Å². The molecule has 30 heavy (non-hydrogen) atoms. The molecule has 1 aromatic heterocycles. The first-order chi connectivity index (χ1) is 14.6. The van der Waals surface area contributed by atoms with Gasteiger partial charge in [0.05, 0.1) is 0 Å². The number of nitrogens with one attached hydrogen (secondary N) is 2. The molecule has 0 radical (unpaired) electrons. The predicted molar refractivity (Wildman–Crippen MR) is 116 cm³/mol. The molecule has 0 aliphatic carbocycles. The summed E-state index contributed by atoms with van der Waals surface area (Å²) in [5.74, 6) is 0.639. The van der Waals surface area contributed by atoms with Crippen LogP contribution in [-0.2, 0) is 4.79 Å². The summed E-state index contributed by atoms with van der Waals surface area (Å²) in [5, 5.41) is 6.89. The van der Waals surface area contributed by atoms with Gasteiger partial charge in [-0.25, -0.2) is 0 Å². The van der Waals surface area contributed by atoms with Crippen LogP contribution in [0.1, 0.15) is 30.3 Å². The maximum Gasteiger partial charge on any atom is 0.287 e. The Morgan fingerprint density at radius 2 is 1.87 bits per heavy atom. The van der Waals surface area contributed by atoms with Gasteiger partial charge in [-0.2, -0.15) is 0 Å². The topological polar surface area (TPSA) is 74.6 Å². The lowest BCUT2D eigenvalue weighted by atomic mass is 9.84. The molecule has 3 saturated heterocycles. The highest BCUT2D eigenvalue weighted by Gasteiger charge is 2.35. The maximum absolute atomic E-state index is 12.9. The Morgan fingerprint density at radius 3 is 2.60 bits per heavy atom. The van der Waals surface area contributed by atoms with Crippen molar-refractivity contribution in [3.05, 3.63) is 54.3 Å². The van der Waals surface area contributed by atoms with E-state index in [0.29, 0.717) is 17.3 Å². The molecule has 1 atom stereocenters. The van der Waals surface area contributed by atoms with Crippen molar-refractivity contribution in [1.29, 1.82) is 0 Å². The summed E-state index contributed by atoms with van der Waals surface area (Å²) >= 11 is 0. The summed E-state index contributed by atoms with van der Waals surface area (Å²) in [6, 6.07) is 15.5. The van der Waals surface area contributed by atoms with Crippen molar-refractivity contribution in [2.45, 2.75) is 25.8 Å². The van der Waals surface area contributed by atoms with Crippen molar-refractivity contribution >= 4 is 28.5 Å². The van der Waals surface area contributed by atoms with Gasteiger partial charge in [-0.05, 0) is 55.6 Å². The number of rotatable bonds is 4. The number of carbonyl (C=O) groups excluding carboxylic acids is 2. The van der Waals surface area contributed by atoms with Crippen LogP contribution in [-0.4, -0.2) is 42.4 Å². The van der Waals surface area contributed by atoms with E-state index in [4.69, 9.17) is 4.42 Å². The van der Waals surface area contributed by atoms with E-state index < -0.39 is 0 Å². The first kappa shape index (κ1) is 18.9. The molecule has 2 aromatic carbocycles. The SMILES string of the molecule is CC(=O)Nc1cccc(-c2cccc3cc(C(=O)NC4CN5CCC4CC5)oc23)c1. The summed E-state index contributed by atoms with van der Waals surface area (Å²) in [6.07, 6.45) is 2.31. The molecule has 3 aliphatic heterocycles. The number of nitrogens with zero attached hydrogens (tertiary/aromatic N) is 1. The number of hydrogen-bond acceptors (Lipinski definition) is 4. The number of hydrogen-bond donors (Lipinski definition) is 2. The molecule has 2 bridgehead atoms.